The van der Waals surface area contributed by atoms with Gasteiger partial charge in [0.2, 0.25) is 0 Å². The fourth-order valence-electron chi connectivity index (χ4n) is 2.65. The smallest absolute Gasteiger partial charge is 0.274 e. The number of carbonyl (C=O) groups excluding carboxylic acids is 1. The highest BCUT2D eigenvalue weighted by molar-refractivity contribution is 5.92. The second-order valence-electron chi connectivity index (χ2n) is 5.75. The molecular formula is C18H22N4O4. The second kappa shape index (κ2) is 8.48. The number of hydrogen-bond donors (Lipinski definition) is 1. The van der Waals surface area contributed by atoms with Crippen LogP contribution >= 0.6 is 0 Å². The molecule has 0 atom stereocenters. The molecule has 0 bridgehead atoms. The van der Waals surface area contributed by atoms with E-state index >= 15 is 0 Å². The summed E-state index contributed by atoms with van der Waals surface area (Å²) in [6.07, 6.45) is 0. The lowest BCUT2D eigenvalue weighted by molar-refractivity contribution is 0.0298. The third-order valence-electron chi connectivity index (χ3n) is 4.10. The van der Waals surface area contributed by atoms with Crippen molar-refractivity contribution in [2.75, 3.05) is 45.8 Å². The number of carbonyl (C=O) groups is 1. The minimum absolute atomic E-state index is 0.118. The molecule has 2 heterocycles. The van der Waals surface area contributed by atoms with Crippen LogP contribution in [0.1, 0.15) is 16.1 Å². The van der Waals surface area contributed by atoms with Crippen molar-refractivity contribution < 1.29 is 19.0 Å². The van der Waals surface area contributed by atoms with Crippen molar-refractivity contribution in [3.8, 4) is 11.5 Å². The van der Waals surface area contributed by atoms with E-state index in [1.165, 1.54) is 0 Å². The minimum atomic E-state index is -0.118. The molecule has 1 amide bonds. The van der Waals surface area contributed by atoms with Gasteiger partial charge in [-0.3, -0.25) is 4.79 Å². The van der Waals surface area contributed by atoms with Gasteiger partial charge in [0.15, 0.2) is 17.2 Å². The highest BCUT2D eigenvalue weighted by atomic mass is 16.5. The lowest BCUT2D eigenvalue weighted by atomic mass is 10.2. The maximum Gasteiger partial charge on any atom is 0.274 e. The number of hydrogen-bond acceptors (Lipinski definition) is 7. The summed E-state index contributed by atoms with van der Waals surface area (Å²) in [6, 6.07) is 9.13. The Balaban J connectivity index is 1.60. The van der Waals surface area contributed by atoms with Crippen LogP contribution in [0.5, 0.6) is 11.5 Å². The molecule has 138 valence electrons. The topological polar surface area (TPSA) is 85.8 Å². The summed E-state index contributed by atoms with van der Waals surface area (Å²) in [5.41, 5.74) is 1.35. The van der Waals surface area contributed by atoms with Crippen LogP contribution in [0.4, 0.5) is 5.82 Å². The highest BCUT2D eigenvalue weighted by Gasteiger charge is 2.19. The van der Waals surface area contributed by atoms with E-state index in [1.54, 1.807) is 31.3 Å². The minimum Gasteiger partial charge on any atom is -0.493 e. The number of aromatic nitrogens is 2. The van der Waals surface area contributed by atoms with Crippen LogP contribution in [-0.2, 0) is 11.3 Å². The Labute approximate surface area is 152 Å². The van der Waals surface area contributed by atoms with E-state index in [0.717, 1.165) is 5.56 Å². The Morgan fingerprint density at radius 1 is 1.12 bits per heavy atom. The lowest BCUT2D eigenvalue weighted by Crippen LogP contribution is -2.41. The molecule has 1 N–H and O–H groups in total. The first kappa shape index (κ1) is 17.9. The number of benzene rings is 1. The van der Waals surface area contributed by atoms with Crippen LogP contribution in [0.2, 0.25) is 0 Å². The summed E-state index contributed by atoms with van der Waals surface area (Å²) in [4.78, 5) is 14.1. The molecule has 1 aromatic carbocycles. The van der Waals surface area contributed by atoms with Gasteiger partial charge in [-0.1, -0.05) is 6.07 Å². The number of morpholine rings is 1. The molecule has 0 aliphatic carbocycles. The molecule has 1 aliphatic heterocycles. The van der Waals surface area contributed by atoms with E-state index in [4.69, 9.17) is 14.2 Å². The fourth-order valence-corrected chi connectivity index (χ4v) is 2.65. The third kappa shape index (κ3) is 4.20. The molecule has 0 radical (unpaired) electrons. The predicted octanol–water partition coefficient (Wildman–Crippen LogP) is 1.58. The molecule has 1 aliphatic rings. The highest BCUT2D eigenvalue weighted by Crippen LogP contribution is 2.27. The van der Waals surface area contributed by atoms with Crippen molar-refractivity contribution in [1.29, 1.82) is 0 Å². The zero-order chi connectivity index (χ0) is 18.4. The van der Waals surface area contributed by atoms with Crippen molar-refractivity contribution in [3.05, 3.63) is 41.6 Å². The molecule has 8 heteroatoms. The van der Waals surface area contributed by atoms with E-state index in [9.17, 15) is 4.79 Å². The molecule has 1 aromatic heterocycles. The van der Waals surface area contributed by atoms with Crippen LogP contribution in [0.3, 0.4) is 0 Å². The SMILES string of the molecule is COc1ccc(CNc2ccc(C(=O)N3CCOCC3)nn2)cc1OC. The first-order valence-electron chi connectivity index (χ1n) is 8.37. The molecular weight excluding hydrogens is 336 g/mol. The van der Waals surface area contributed by atoms with Crippen LogP contribution in [0.15, 0.2) is 30.3 Å². The van der Waals surface area contributed by atoms with E-state index < -0.39 is 0 Å². The van der Waals surface area contributed by atoms with Crippen molar-refractivity contribution in [2.24, 2.45) is 0 Å². The Bertz CT molecular complexity index is 745. The van der Waals surface area contributed by atoms with Gasteiger partial charge in [-0.25, -0.2) is 0 Å². The van der Waals surface area contributed by atoms with Crippen molar-refractivity contribution in [1.82, 2.24) is 15.1 Å². The molecule has 0 unspecified atom stereocenters. The summed E-state index contributed by atoms with van der Waals surface area (Å²) < 4.78 is 15.8. The normalized spacial score (nSPS) is 14.0. The van der Waals surface area contributed by atoms with Gasteiger partial charge in [0.25, 0.3) is 5.91 Å². The molecule has 8 nitrogen and oxygen atoms in total. The Kier molecular flexibility index (Phi) is 5.85. The van der Waals surface area contributed by atoms with Gasteiger partial charge >= 0.3 is 0 Å². The van der Waals surface area contributed by atoms with Crippen LogP contribution in [0, 0.1) is 0 Å². The average Bonchev–Trinajstić information content (AvgIpc) is 2.72. The van der Waals surface area contributed by atoms with Gasteiger partial charge in [0.05, 0.1) is 27.4 Å². The summed E-state index contributed by atoms with van der Waals surface area (Å²) in [5, 5.41) is 11.3. The monoisotopic (exact) mass is 358 g/mol. The molecule has 1 saturated heterocycles. The predicted molar refractivity (Wildman–Crippen MR) is 95.6 cm³/mol. The zero-order valence-electron chi connectivity index (χ0n) is 14.9. The number of rotatable bonds is 6. The first-order valence-corrected chi connectivity index (χ1v) is 8.37. The van der Waals surface area contributed by atoms with Gasteiger partial charge in [-0.2, -0.15) is 0 Å². The summed E-state index contributed by atoms with van der Waals surface area (Å²) in [6.45, 7) is 2.83. The summed E-state index contributed by atoms with van der Waals surface area (Å²) in [5.74, 6) is 1.83. The van der Waals surface area contributed by atoms with E-state index in [1.807, 2.05) is 18.2 Å². The van der Waals surface area contributed by atoms with Gasteiger partial charge in [-0.15, -0.1) is 10.2 Å². The Morgan fingerprint density at radius 3 is 2.54 bits per heavy atom. The maximum atomic E-state index is 12.3. The third-order valence-corrected chi connectivity index (χ3v) is 4.10. The maximum absolute atomic E-state index is 12.3. The average molecular weight is 358 g/mol. The van der Waals surface area contributed by atoms with E-state index in [0.29, 0.717) is 55.9 Å². The van der Waals surface area contributed by atoms with Gasteiger partial charge in [-0.05, 0) is 29.8 Å². The van der Waals surface area contributed by atoms with E-state index in [-0.39, 0.29) is 5.91 Å². The Morgan fingerprint density at radius 2 is 1.88 bits per heavy atom. The molecule has 0 saturated carbocycles. The number of anilines is 1. The van der Waals surface area contributed by atoms with Crippen molar-refractivity contribution in [3.63, 3.8) is 0 Å². The Hall–Kier alpha value is -2.87. The van der Waals surface area contributed by atoms with Crippen LogP contribution in [-0.4, -0.2) is 61.5 Å². The van der Waals surface area contributed by atoms with Crippen molar-refractivity contribution in [2.45, 2.75) is 6.54 Å². The fraction of sp³-hybridized carbons (Fsp3) is 0.389. The quantitative estimate of drug-likeness (QED) is 0.839. The molecule has 2 aromatic rings. The van der Waals surface area contributed by atoms with Crippen LogP contribution in [0.25, 0.3) is 0 Å². The second-order valence-corrected chi connectivity index (χ2v) is 5.75. The lowest BCUT2D eigenvalue weighted by Gasteiger charge is -2.26. The summed E-state index contributed by atoms with van der Waals surface area (Å²) in [7, 11) is 3.20. The van der Waals surface area contributed by atoms with Gasteiger partial charge in [0.1, 0.15) is 5.82 Å². The number of methoxy groups -OCH3 is 2. The number of ether oxygens (including phenoxy) is 3. The van der Waals surface area contributed by atoms with Crippen molar-refractivity contribution >= 4 is 11.7 Å². The van der Waals surface area contributed by atoms with Gasteiger partial charge in [0, 0.05) is 19.6 Å². The number of nitrogens with zero attached hydrogens (tertiary/aromatic N) is 3. The first-order chi connectivity index (χ1) is 12.7. The standard InChI is InChI=1S/C18H22N4O4/c1-24-15-5-3-13(11-16(15)25-2)12-19-17-6-4-14(20-21-17)18(23)22-7-9-26-10-8-22/h3-6,11H,7-10,12H2,1-2H3,(H,19,21). The van der Waals surface area contributed by atoms with Crippen LogP contribution < -0.4 is 14.8 Å². The molecule has 3 rings (SSSR count). The molecule has 0 spiro atoms. The molecule has 26 heavy (non-hydrogen) atoms. The number of nitrogens with one attached hydrogen (secondary N) is 1. The largest absolute Gasteiger partial charge is 0.493 e. The van der Waals surface area contributed by atoms with E-state index in [2.05, 4.69) is 15.5 Å². The zero-order valence-corrected chi connectivity index (χ0v) is 14.9. The number of amides is 1. The van der Waals surface area contributed by atoms with Gasteiger partial charge < -0.3 is 24.4 Å². The molecule has 1 fully saturated rings. The summed E-state index contributed by atoms with van der Waals surface area (Å²) >= 11 is 0.